The zero-order chi connectivity index (χ0) is 27.1. The van der Waals surface area contributed by atoms with Crippen molar-refractivity contribution < 1.29 is 37.3 Å². The number of halogens is 3. The van der Waals surface area contributed by atoms with Crippen molar-refractivity contribution in [3.8, 4) is 17.2 Å². The van der Waals surface area contributed by atoms with Gasteiger partial charge in [-0.05, 0) is 64.1 Å². The molecular formula is C27H23F3N2O5. The van der Waals surface area contributed by atoms with Crippen LogP contribution in [-0.4, -0.2) is 38.4 Å². The monoisotopic (exact) mass is 512 g/mol. The summed E-state index contributed by atoms with van der Waals surface area (Å²) < 4.78 is 50.2. The smallest absolute Gasteiger partial charge is 0.478 e. The minimum absolute atomic E-state index is 0.193. The molecule has 37 heavy (non-hydrogen) atoms. The van der Waals surface area contributed by atoms with Crippen molar-refractivity contribution in [3.63, 3.8) is 0 Å². The van der Waals surface area contributed by atoms with Gasteiger partial charge >= 0.3 is 12.3 Å². The number of hydrogen-bond donors (Lipinski definition) is 1. The number of aliphatic carboxylic acids is 1. The van der Waals surface area contributed by atoms with Gasteiger partial charge in [0.05, 0.1) is 11.1 Å². The number of rotatable bonds is 7. The summed E-state index contributed by atoms with van der Waals surface area (Å²) in [5.74, 6) is -1.80. The number of carbonyl (C=O) groups excluding carboxylic acids is 1. The second-order valence-corrected chi connectivity index (χ2v) is 8.93. The number of ketones is 1. The molecule has 4 rings (SSSR count). The van der Waals surface area contributed by atoms with Gasteiger partial charge in [0.2, 0.25) is 5.78 Å². The molecule has 7 nitrogen and oxygen atoms in total. The highest BCUT2D eigenvalue weighted by Crippen LogP contribution is 2.35. The molecule has 2 aromatic heterocycles. The number of carbonyl (C=O) groups is 2. The second kappa shape index (κ2) is 9.27. The fraction of sp³-hybridized carbons (Fsp3) is 0.222. The summed E-state index contributed by atoms with van der Waals surface area (Å²) in [5, 5.41) is 9.81. The van der Waals surface area contributed by atoms with Crippen molar-refractivity contribution >= 4 is 22.7 Å². The van der Waals surface area contributed by atoms with E-state index in [0.29, 0.717) is 22.5 Å². The van der Waals surface area contributed by atoms with Crippen LogP contribution < -0.4 is 9.47 Å². The van der Waals surface area contributed by atoms with Gasteiger partial charge < -0.3 is 19.1 Å². The Bertz CT molecular complexity index is 1520. The molecule has 2 aromatic carbocycles. The average Bonchev–Trinajstić information content (AvgIpc) is 3.08. The third-order valence-electron chi connectivity index (χ3n) is 5.72. The molecule has 0 atom stereocenters. The predicted molar refractivity (Wildman–Crippen MR) is 129 cm³/mol. The van der Waals surface area contributed by atoms with E-state index >= 15 is 0 Å². The molecule has 0 aliphatic rings. The van der Waals surface area contributed by atoms with Crippen LogP contribution >= 0.6 is 0 Å². The number of pyridine rings is 1. The summed E-state index contributed by atoms with van der Waals surface area (Å²) in [4.78, 5) is 29.4. The minimum Gasteiger partial charge on any atom is -0.478 e. The lowest BCUT2D eigenvalue weighted by molar-refractivity contribution is -0.274. The number of alkyl halides is 3. The molecule has 0 radical (unpaired) electrons. The predicted octanol–water partition coefficient (Wildman–Crippen LogP) is 6.01. The SMILES string of the molecule is Cc1cccc(C(=O)c2c(C)n(-c3cccc(OC(C)(C)C(=O)O)c3)c3cc(OC(F)(F)F)ccc23)n1. The van der Waals surface area contributed by atoms with Gasteiger partial charge in [-0.15, -0.1) is 13.2 Å². The Kier molecular flexibility index (Phi) is 6.45. The standard InChI is InChI=1S/C27H23F3N2O5/c1-15-7-5-10-21(31-15)24(33)23-16(2)32(22-14-19(11-12-20(22)23)37-27(28,29)30)17-8-6-9-18(13-17)36-26(3,4)25(34)35/h5-14H,1-4H3,(H,34,35). The summed E-state index contributed by atoms with van der Waals surface area (Å²) in [6, 6.07) is 15.2. The van der Waals surface area contributed by atoms with Crippen LogP contribution in [0.25, 0.3) is 16.6 Å². The number of fused-ring (bicyclic) bond motifs is 1. The van der Waals surface area contributed by atoms with Gasteiger partial charge in [0.25, 0.3) is 0 Å². The van der Waals surface area contributed by atoms with E-state index in [9.17, 15) is 27.9 Å². The number of hydrogen-bond acceptors (Lipinski definition) is 5. The molecule has 0 spiro atoms. The molecule has 2 heterocycles. The Labute approximate surface area is 210 Å². The van der Waals surface area contributed by atoms with Crippen LogP contribution in [-0.2, 0) is 4.79 Å². The van der Waals surface area contributed by atoms with Crippen LogP contribution in [0.1, 0.15) is 41.3 Å². The number of aromatic nitrogens is 2. The molecule has 0 aliphatic heterocycles. The van der Waals surface area contributed by atoms with Crippen molar-refractivity contribution in [2.75, 3.05) is 0 Å². The Morgan fingerprint density at radius 3 is 2.24 bits per heavy atom. The zero-order valence-electron chi connectivity index (χ0n) is 20.4. The lowest BCUT2D eigenvalue weighted by Crippen LogP contribution is -2.37. The molecule has 0 fully saturated rings. The van der Waals surface area contributed by atoms with Gasteiger partial charge in [-0.3, -0.25) is 4.79 Å². The van der Waals surface area contributed by atoms with E-state index < -0.39 is 29.5 Å². The fourth-order valence-electron chi connectivity index (χ4n) is 4.03. The molecule has 0 saturated heterocycles. The van der Waals surface area contributed by atoms with E-state index in [1.807, 2.05) is 0 Å². The van der Waals surface area contributed by atoms with Gasteiger partial charge in [-0.2, -0.15) is 0 Å². The highest BCUT2D eigenvalue weighted by molar-refractivity contribution is 6.17. The second-order valence-electron chi connectivity index (χ2n) is 8.93. The topological polar surface area (TPSA) is 90.7 Å². The van der Waals surface area contributed by atoms with Gasteiger partial charge in [0.1, 0.15) is 17.2 Å². The zero-order valence-corrected chi connectivity index (χ0v) is 20.4. The van der Waals surface area contributed by atoms with Gasteiger partial charge in [-0.1, -0.05) is 12.1 Å². The summed E-state index contributed by atoms with van der Waals surface area (Å²) in [6.07, 6.45) is -4.90. The quantitative estimate of drug-likeness (QED) is 0.305. The van der Waals surface area contributed by atoms with Crippen LogP contribution in [0.15, 0.2) is 60.7 Å². The Balaban J connectivity index is 1.93. The van der Waals surface area contributed by atoms with Crippen LogP contribution in [0.3, 0.4) is 0 Å². The van der Waals surface area contributed by atoms with Crippen LogP contribution in [0.4, 0.5) is 13.2 Å². The highest BCUT2D eigenvalue weighted by atomic mass is 19.4. The average molecular weight is 512 g/mol. The fourth-order valence-corrected chi connectivity index (χ4v) is 4.03. The van der Waals surface area contributed by atoms with Crippen molar-refractivity contribution in [2.45, 2.75) is 39.7 Å². The molecule has 4 aromatic rings. The third kappa shape index (κ3) is 5.28. The molecule has 10 heteroatoms. The first-order chi connectivity index (χ1) is 17.3. The van der Waals surface area contributed by atoms with E-state index in [2.05, 4.69) is 9.72 Å². The van der Waals surface area contributed by atoms with E-state index in [0.717, 1.165) is 6.07 Å². The number of carboxylic acid groups (broad SMARTS) is 1. The van der Waals surface area contributed by atoms with E-state index in [-0.39, 0.29) is 22.5 Å². The molecule has 0 saturated carbocycles. The third-order valence-corrected chi connectivity index (χ3v) is 5.72. The van der Waals surface area contributed by atoms with Gasteiger partial charge in [-0.25, -0.2) is 9.78 Å². The van der Waals surface area contributed by atoms with Crippen LogP contribution in [0, 0.1) is 13.8 Å². The molecule has 0 aliphatic carbocycles. The maximum absolute atomic E-state index is 13.5. The van der Waals surface area contributed by atoms with Crippen molar-refractivity contribution in [2.24, 2.45) is 0 Å². The maximum Gasteiger partial charge on any atom is 0.573 e. The number of benzene rings is 2. The Morgan fingerprint density at radius 2 is 1.59 bits per heavy atom. The first-order valence-electron chi connectivity index (χ1n) is 11.2. The lowest BCUT2D eigenvalue weighted by atomic mass is 10.0. The highest BCUT2D eigenvalue weighted by Gasteiger charge is 2.32. The number of ether oxygens (including phenoxy) is 2. The Morgan fingerprint density at radius 1 is 0.919 bits per heavy atom. The number of carboxylic acids is 1. The summed E-state index contributed by atoms with van der Waals surface area (Å²) >= 11 is 0. The Hall–Kier alpha value is -4.34. The van der Waals surface area contributed by atoms with Crippen LogP contribution in [0.2, 0.25) is 0 Å². The number of nitrogens with zero attached hydrogens (tertiary/aromatic N) is 2. The molecular weight excluding hydrogens is 489 g/mol. The minimum atomic E-state index is -4.90. The van der Waals surface area contributed by atoms with Crippen LogP contribution in [0.5, 0.6) is 11.5 Å². The lowest BCUT2D eigenvalue weighted by Gasteiger charge is -2.22. The van der Waals surface area contributed by atoms with Gasteiger partial charge in [0, 0.05) is 34.6 Å². The van der Waals surface area contributed by atoms with Crippen molar-refractivity contribution in [1.82, 2.24) is 9.55 Å². The summed E-state index contributed by atoms with van der Waals surface area (Å²) in [7, 11) is 0. The normalized spacial score (nSPS) is 12.0. The summed E-state index contributed by atoms with van der Waals surface area (Å²) in [6.45, 7) is 6.20. The number of aryl methyl sites for hydroxylation is 1. The van der Waals surface area contributed by atoms with E-state index in [4.69, 9.17) is 4.74 Å². The molecule has 192 valence electrons. The van der Waals surface area contributed by atoms with Crippen molar-refractivity contribution in [1.29, 1.82) is 0 Å². The van der Waals surface area contributed by atoms with Crippen molar-refractivity contribution in [3.05, 3.63) is 83.3 Å². The van der Waals surface area contributed by atoms with E-state index in [1.165, 1.54) is 26.0 Å². The molecule has 0 bridgehead atoms. The maximum atomic E-state index is 13.5. The first kappa shape index (κ1) is 25.7. The summed E-state index contributed by atoms with van der Waals surface area (Å²) in [5.41, 5.74) is 0.743. The van der Waals surface area contributed by atoms with E-state index in [1.54, 1.807) is 60.9 Å². The van der Waals surface area contributed by atoms with Gasteiger partial charge in [0.15, 0.2) is 5.60 Å². The first-order valence-corrected chi connectivity index (χ1v) is 11.2. The molecule has 0 amide bonds. The molecule has 0 unspecified atom stereocenters. The molecule has 1 N–H and O–H groups in total. The largest absolute Gasteiger partial charge is 0.573 e.